The van der Waals surface area contributed by atoms with Gasteiger partial charge >= 0.3 is 0 Å². The maximum Gasteiger partial charge on any atom is 0.120 e. The fourth-order valence-corrected chi connectivity index (χ4v) is 1.85. The highest BCUT2D eigenvalue weighted by molar-refractivity contribution is 5.49. The Labute approximate surface area is 106 Å². The second kappa shape index (κ2) is 6.17. The summed E-state index contributed by atoms with van der Waals surface area (Å²) in [4.78, 5) is 10.3. The summed E-state index contributed by atoms with van der Waals surface area (Å²) in [5.41, 5.74) is 0.878. The Hall–Kier alpha value is -1.87. The van der Waals surface area contributed by atoms with Crippen molar-refractivity contribution >= 4 is 6.29 Å². The summed E-state index contributed by atoms with van der Waals surface area (Å²) in [5.74, 6) is 1.53. The molecule has 0 aliphatic heterocycles. The van der Waals surface area contributed by atoms with Gasteiger partial charge in [-0.2, -0.15) is 0 Å². The van der Waals surface area contributed by atoms with E-state index in [1.807, 2.05) is 42.5 Å². The van der Waals surface area contributed by atoms with Gasteiger partial charge in [-0.1, -0.05) is 30.3 Å². The molecule has 1 heterocycles. The number of carbonyl (C=O) groups excluding carboxylic acids is 1. The van der Waals surface area contributed by atoms with Crippen molar-refractivity contribution in [3.63, 3.8) is 0 Å². The third kappa shape index (κ3) is 3.31. The van der Waals surface area contributed by atoms with Gasteiger partial charge in [0.25, 0.3) is 0 Å². The van der Waals surface area contributed by atoms with Crippen LogP contribution >= 0.6 is 0 Å². The van der Waals surface area contributed by atoms with Crippen molar-refractivity contribution in [2.24, 2.45) is 0 Å². The van der Waals surface area contributed by atoms with Crippen LogP contribution in [0, 0.1) is 0 Å². The summed E-state index contributed by atoms with van der Waals surface area (Å²) >= 11 is 0. The van der Waals surface area contributed by atoms with Gasteiger partial charge in [-0.3, -0.25) is 0 Å². The quantitative estimate of drug-likeness (QED) is 0.795. The van der Waals surface area contributed by atoms with Crippen LogP contribution in [-0.4, -0.2) is 11.4 Å². The molecule has 1 aromatic heterocycles. The van der Waals surface area contributed by atoms with E-state index in [0.717, 1.165) is 23.4 Å². The van der Waals surface area contributed by atoms with Crippen LogP contribution in [0.5, 0.6) is 0 Å². The van der Waals surface area contributed by atoms with Crippen molar-refractivity contribution in [2.45, 2.75) is 25.4 Å². The Kier molecular flexibility index (Phi) is 4.31. The number of aryl methyl sites for hydroxylation is 1. The van der Waals surface area contributed by atoms with E-state index >= 15 is 0 Å². The van der Waals surface area contributed by atoms with Crippen molar-refractivity contribution in [3.05, 3.63) is 59.5 Å². The first-order valence-electron chi connectivity index (χ1n) is 6.04. The van der Waals surface area contributed by atoms with E-state index in [1.165, 1.54) is 0 Å². The molecule has 0 aliphatic carbocycles. The van der Waals surface area contributed by atoms with Crippen LogP contribution in [0.3, 0.4) is 0 Å². The maximum absolute atomic E-state index is 10.3. The molecule has 1 aromatic carbocycles. The summed E-state index contributed by atoms with van der Waals surface area (Å²) in [5, 5.41) is 10.0. The molecule has 0 spiro atoms. The van der Waals surface area contributed by atoms with Gasteiger partial charge in [0.1, 0.15) is 17.8 Å². The van der Waals surface area contributed by atoms with Crippen LogP contribution < -0.4 is 0 Å². The minimum absolute atomic E-state index is 0.450. The first kappa shape index (κ1) is 12.6. The van der Waals surface area contributed by atoms with Gasteiger partial charge in [0.15, 0.2) is 0 Å². The van der Waals surface area contributed by atoms with Gasteiger partial charge in [0.2, 0.25) is 0 Å². The van der Waals surface area contributed by atoms with Gasteiger partial charge in [0, 0.05) is 19.3 Å². The van der Waals surface area contributed by atoms with Crippen LogP contribution in [0.1, 0.15) is 29.6 Å². The molecule has 0 aliphatic rings. The number of hydrogen-bond acceptors (Lipinski definition) is 3. The molecule has 0 radical (unpaired) electrons. The maximum atomic E-state index is 10.3. The second-order valence-corrected chi connectivity index (χ2v) is 4.20. The van der Waals surface area contributed by atoms with Gasteiger partial charge < -0.3 is 14.3 Å². The SMILES string of the molecule is O=CCCc1ccc(CC(O)c2ccccc2)o1. The lowest BCUT2D eigenvalue weighted by molar-refractivity contribution is -0.107. The molecule has 1 N–H and O–H groups in total. The van der Waals surface area contributed by atoms with E-state index in [1.54, 1.807) is 0 Å². The van der Waals surface area contributed by atoms with Crippen LogP contribution in [-0.2, 0) is 17.6 Å². The molecule has 3 heteroatoms. The largest absolute Gasteiger partial charge is 0.466 e. The minimum atomic E-state index is -0.559. The molecule has 0 fully saturated rings. The highest BCUT2D eigenvalue weighted by atomic mass is 16.3. The second-order valence-electron chi connectivity index (χ2n) is 4.20. The minimum Gasteiger partial charge on any atom is -0.466 e. The lowest BCUT2D eigenvalue weighted by Crippen LogP contribution is -2.00. The fourth-order valence-electron chi connectivity index (χ4n) is 1.85. The Bertz CT molecular complexity index is 487. The molecule has 0 amide bonds. The number of benzene rings is 1. The van der Waals surface area contributed by atoms with Crippen molar-refractivity contribution < 1.29 is 14.3 Å². The number of hydrogen-bond donors (Lipinski definition) is 1. The summed E-state index contributed by atoms with van der Waals surface area (Å²) in [6, 6.07) is 13.2. The molecule has 1 unspecified atom stereocenters. The molecule has 2 rings (SSSR count). The first-order valence-corrected chi connectivity index (χ1v) is 6.04. The third-order valence-electron chi connectivity index (χ3n) is 2.80. The summed E-state index contributed by atoms with van der Waals surface area (Å²) in [6.07, 6.45) is 1.85. The van der Waals surface area contributed by atoms with Crippen molar-refractivity contribution in [2.75, 3.05) is 0 Å². The van der Waals surface area contributed by atoms with Crippen LogP contribution in [0.15, 0.2) is 46.9 Å². The molecular weight excluding hydrogens is 228 g/mol. The number of carbonyl (C=O) groups is 1. The smallest absolute Gasteiger partial charge is 0.120 e. The summed E-state index contributed by atoms with van der Waals surface area (Å²) in [7, 11) is 0. The Morgan fingerprint density at radius 2 is 1.83 bits per heavy atom. The lowest BCUT2D eigenvalue weighted by atomic mass is 10.1. The average molecular weight is 244 g/mol. The molecule has 0 bridgehead atoms. The van der Waals surface area contributed by atoms with Gasteiger partial charge in [0.05, 0.1) is 6.10 Å². The molecule has 0 saturated heterocycles. The van der Waals surface area contributed by atoms with E-state index < -0.39 is 6.10 Å². The predicted octanol–water partition coefficient (Wildman–Crippen LogP) is 2.69. The highest BCUT2D eigenvalue weighted by Crippen LogP contribution is 2.19. The topological polar surface area (TPSA) is 50.4 Å². The number of furan rings is 1. The van der Waals surface area contributed by atoms with Gasteiger partial charge in [-0.15, -0.1) is 0 Å². The molecule has 94 valence electrons. The van der Waals surface area contributed by atoms with Crippen molar-refractivity contribution in [1.29, 1.82) is 0 Å². The molecular formula is C15H16O3. The van der Waals surface area contributed by atoms with Gasteiger partial charge in [-0.25, -0.2) is 0 Å². The standard InChI is InChI=1S/C15H16O3/c16-10-4-7-13-8-9-14(18-13)11-15(17)12-5-2-1-3-6-12/h1-3,5-6,8-10,15,17H,4,7,11H2. The van der Waals surface area contributed by atoms with Crippen LogP contribution in [0.25, 0.3) is 0 Å². The molecule has 3 nitrogen and oxygen atoms in total. The molecule has 2 aromatic rings. The molecule has 0 saturated carbocycles. The van der Waals surface area contributed by atoms with Crippen molar-refractivity contribution in [1.82, 2.24) is 0 Å². The van der Waals surface area contributed by atoms with Crippen LogP contribution in [0.2, 0.25) is 0 Å². The normalized spacial score (nSPS) is 12.3. The number of aliphatic hydroxyl groups is 1. The average Bonchev–Trinajstić information content (AvgIpc) is 2.85. The first-order chi connectivity index (χ1) is 8.79. The highest BCUT2D eigenvalue weighted by Gasteiger charge is 2.11. The third-order valence-corrected chi connectivity index (χ3v) is 2.80. The van der Waals surface area contributed by atoms with Crippen molar-refractivity contribution in [3.8, 4) is 0 Å². The Morgan fingerprint density at radius 1 is 1.11 bits per heavy atom. The Balaban J connectivity index is 1.97. The van der Waals surface area contributed by atoms with E-state index in [2.05, 4.69) is 0 Å². The molecule has 1 atom stereocenters. The zero-order valence-electron chi connectivity index (χ0n) is 10.1. The van der Waals surface area contributed by atoms with E-state index in [-0.39, 0.29) is 0 Å². The fraction of sp³-hybridized carbons (Fsp3) is 0.267. The van der Waals surface area contributed by atoms with Gasteiger partial charge in [-0.05, 0) is 17.7 Å². The van der Waals surface area contributed by atoms with E-state index in [9.17, 15) is 9.90 Å². The summed E-state index contributed by atoms with van der Waals surface area (Å²) in [6.45, 7) is 0. The number of aliphatic hydroxyl groups excluding tert-OH is 1. The number of aldehydes is 1. The predicted molar refractivity (Wildman–Crippen MR) is 68.2 cm³/mol. The zero-order chi connectivity index (χ0) is 12.8. The molecule has 18 heavy (non-hydrogen) atoms. The number of rotatable bonds is 6. The zero-order valence-corrected chi connectivity index (χ0v) is 10.1. The lowest BCUT2D eigenvalue weighted by Gasteiger charge is -2.08. The van der Waals surface area contributed by atoms with E-state index in [0.29, 0.717) is 19.3 Å². The monoisotopic (exact) mass is 244 g/mol. The van der Waals surface area contributed by atoms with Crippen LogP contribution in [0.4, 0.5) is 0 Å². The van der Waals surface area contributed by atoms with E-state index in [4.69, 9.17) is 4.42 Å². The Morgan fingerprint density at radius 3 is 2.56 bits per heavy atom. The summed E-state index contributed by atoms with van der Waals surface area (Å²) < 4.78 is 5.56.